The summed E-state index contributed by atoms with van der Waals surface area (Å²) in [5.74, 6) is 0.673. The molecule has 92 valence electrons. The molecular formula is C13H15BrINO. The molecule has 2 nitrogen and oxygen atoms in total. The molecule has 0 bridgehead atoms. The first kappa shape index (κ1) is 13.3. The smallest absolute Gasteiger partial charge is 0.251 e. The van der Waals surface area contributed by atoms with Gasteiger partial charge in [0.25, 0.3) is 5.91 Å². The third-order valence-corrected chi connectivity index (χ3v) is 4.69. The van der Waals surface area contributed by atoms with E-state index in [9.17, 15) is 4.79 Å². The van der Waals surface area contributed by atoms with Crippen molar-refractivity contribution < 1.29 is 4.79 Å². The summed E-state index contributed by atoms with van der Waals surface area (Å²) in [5.41, 5.74) is 0.749. The van der Waals surface area contributed by atoms with E-state index in [1.54, 1.807) is 0 Å². The molecule has 2 rings (SSSR count). The Bertz CT molecular complexity index is 393. The molecule has 17 heavy (non-hydrogen) atoms. The van der Waals surface area contributed by atoms with Crippen molar-refractivity contribution in [2.45, 2.75) is 24.1 Å². The molecule has 1 amide bonds. The largest absolute Gasteiger partial charge is 0.352 e. The van der Waals surface area contributed by atoms with Gasteiger partial charge in [-0.3, -0.25) is 4.79 Å². The fraction of sp³-hybridized carbons (Fsp3) is 0.462. The van der Waals surface area contributed by atoms with Crippen molar-refractivity contribution in [3.8, 4) is 0 Å². The van der Waals surface area contributed by atoms with Crippen LogP contribution in [0.4, 0.5) is 0 Å². The van der Waals surface area contributed by atoms with Crippen LogP contribution in [0.2, 0.25) is 0 Å². The van der Waals surface area contributed by atoms with Gasteiger partial charge in [-0.2, -0.15) is 0 Å². The van der Waals surface area contributed by atoms with Gasteiger partial charge in [-0.25, -0.2) is 0 Å². The van der Waals surface area contributed by atoms with E-state index in [1.807, 2.05) is 24.3 Å². The van der Waals surface area contributed by atoms with Gasteiger partial charge >= 0.3 is 0 Å². The van der Waals surface area contributed by atoms with Crippen LogP contribution in [0.1, 0.15) is 29.6 Å². The van der Waals surface area contributed by atoms with Crippen LogP contribution in [0, 0.1) is 9.49 Å². The van der Waals surface area contributed by atoms with E-state index in [1.165, 1.54) is 19.3 Å². The van der Waals surface area contributed by atoms with E-state index in [2.05, 4.69) is 43.8 Å². The first-order chi connectivity index (χ1) is 8.15. The highest BCUT2D eigenvalue weighted by Gasteiger charge is 2.22. The highest BCUT2D eigenvalue weighted by molar-refractivity contribution is 14.1. The van der Waals surface area contributed by atoms with Gasteiger partial charge in [-0.1, -0.05) is 15.9 Å². The van der Waals surface area contributed by atoms with Crippen LogP contribution in [-0.4, -0.2) is 17.3 Å². The zero-order chi connectivity index (χ0) is 12.3. The predicted molar refractivity (Wildman–Crippen MR) is 81.5 cm³/mol. The molecule has 0 spiro atoms. The van der Waals surface area contributed by atoms with Gasteiger partial charge in [0.2, 0.25) is 0 Å². The van der Waals surface area contributed by atoms with Crippen molar-refractivity contribution in [2.75, 3.05) is 6.54 Å². The number of benzene rings is 1. The van der Waals surface area contributed by atoms with Crippen LogP contribution in [0.5, 0.6) is 0 Å². The van der Waals surface area contributed by atoms with Crippen LogP contribution >= 0.6 is 38.5 Å². The van der Waals surface area contributed by atoms with E-state index < -0.39 is 0 Å². The van der Waals surface area contributed by atoms with Gasteiger partial charge in [-0.05, 0) is 72.0 Å². The molecule has 1 aliphatic rings. The van der Waals surface area contributed by atoms with E-state index in [-0.39, 0.29) is 5.91 Å². The van der Waals surface area contributed by atoms with Gasteiger partial charge in [0, 0.05) is 20.5 Å². The zero-order valence-electron chi connectivity index (χ0n) is 9.46. The lowest BCUT2D eigenvalue weighted by molar-refractivity contribution is 0.0947. The highest BCUT2D eigenvalue weighted by atomic mass is 127. The number of carbonyl (C=O) groups excluding carboxylic acids is 1. The molecule has 1 aliphatic carbocycles. The lowest BCUT2D eigenvalue weighted by Crippen LogP contribution is -2.28. The van der Waals surface area contributed by atoms with Crippen molar-refractivity contribution >= 4 is 44.4 Å². The number of hydrogen-bond acceptors (Lipinski definition) is 1. The van der Waals surface area contributed by atoms with Gasteiger partial charge < -0.3 is 5.32 Å². The SMILES string of the molecule is O=C(NCC1CCC(Br)C1)c1ccc(I)cc1. The number of hydrogen-bond donors (Lipinski definition) is 1. The minimum Gasteiger partial charge on any atom is -0.352 e. The minimum absolute atomic E-state index is 0.0411. The van der Waals surface area contributed by atoms with Crippen molar-refractivity contribution in [3.63, 3.8) is 0 Å². The summed E-state index contributed by atoms with van der Waals surface area (Å²) in [5, 5.41) is 3.02. The van der Waals surface area contributed by atoms with E-state index in [0.29, 0.717) is 10.7 Å². The van der Waals surface area contributed by atoms with Gasteiger partial charge in [0.1, 0.15) is 0 Å². The Hall–Kier alpha value is -0.100. The van der Waals surface area contributed by atoms with E-state index >= 15 is 0 Å². The highest BCUT2D eigenvalue weighted by Crippen LogP contribution is 2.30. The molecule has 1 N–H and O–H groups in total. The molecule has 4 heteroatoms. The molecule has 0 saturated heterocycles. The first-order valence-electron chi connectivity index (χ1n) is 5.83. The number of carbonyl (C=O) groups is 1. The Balaban J connectivity index is 1.83. The number of amides is 1. The molecule has 0 heterocycles. The number of alkyl halides is 1. The van der Waals surface area contributed by atoms with Crippen LogP contribution in [0.3, 0.4) is 0 Å². The average molecular weight is 408 g/mol. The molecule has 1 aromatic rings. The number of halogens is 2. The quantitative estimate of drug-likeness (QED) is 0.602. The number of nitrogens with one attached hydrogen (secondary N) is 1. The Morgan fingerprint density at radius 2 is 2.06 bits per heavy atom. The molecule has 0 aromatic heterocycles. The summed E-state index contributed by atoms with van der Waals surface area (Å²) in [4.78, 5) is 12.5. The molecular weight excluding hydrogens is 393 g/mol. The summed E-state index contributed by atoms with van der Waals surface area (Å²) in [6.07, 6.45) is 3.61. The monoisotopic (exact) mass is 407 g/mol. The van der Waals surface area contributed by atoms with Crippen molar-refractivity contribution in [1.82, 2.24) is 5.32 Å². The van der Waals surface area contributed by atoms with Crippen molar-refractivity contribution in [1.29, 1.82) is 0 Å². The molecule has 1 aromatic carbocycles. The lowest BCUT2D eigenvalue weighted by atomic mass is 10.1. The van der Waals surface area contributed by atoms with Crippen LogP contribution in [-0.2, 0) is 0 Å². The maximum absolute atomic E-state index is 11.9. The Labute approximate surface area is 124 Å². The summed E-state index contributed by atoms with van der Waals surface area (Å²) < 4.78 is 1.15. The van der Waals surface area contributed by atoms with Crippen molar-refractivity contribution in [3.05, 3.63) is 33.4 Å². The summed E-state index contributed by atoms with van der Waals surface area (Å²) in [6.45, 7) is 0.799. The molecule has 0 radical (unpaired) electrons. The van der Waals surface area contributed by atoms with Crippen LogP contribution in [0.25, 0.3) is 0 Å². The van der Waals surface area contributed by atoms with E-state index in [4.69, 9.17) is 0 Å². The molecule has 1 fully saturated rings. The van der Waals surface area contributed by atoms with E-state index in [0.717, 1.165) is 15.7 Å². The standard InChI is InChI=1S/C13H15BrINO/c14-11-4-1-9(7-11)8-16-13(17)10-2-5-12(15)6-3-10/h2-3,5-6,9,11H,1,4,7-8H2,(H,16,17). The second-order valence-corrected chi connectivity index (χ2v) is 7.03. The second kappa shape index (κ2) is 6.18. The molecule has 1 saturated carbocycles. The summed E-state index contributed by atoms with van der Waals surface area (Å²) in [6, 6.07) is 7.66. The Morgan fingerprint density at radius 3 is 2.65 bits per heavy atom. The normalized spacial score (nSPS) is 23.6. The molecule has 2 atom stereocenters. The van der Waals surface area contributed by atoms with Gasteiger partial charge in [0.15, 0.2) is 0 Å². The summed E-state index contributed by atoms with van der Waals surface area (Å²) in [7, 11) is 0. The Kier molecular flexibility index (Phi) is 4.85. The van der Waals surface area contributed by atoms with Crippen LogP contribution in [0.15, 0.2) is 24.3 Å². The maximum Gasteiger partial charge on any atom is 0.251 e. The predicted octanol–water partition coefficient (Wildman–Crippen LogP) is 3.58. The van der Waals surface area contributed by atoms with Gasteiger partial charge in [0.05, 0.1) is 0 Å². The number of rotatable bonds is 3. The fourth-order valence-corrected chi connectivity index (χ4v) is 3.29. The molecule has 0 aliphatic heterocycles. The van der Waals surface area contributed by atoms with Crippen LogP contribution < -0.4 is 5.32 Å². The summed E-state index contributed by atoms with van der Waals surface area (Å²) >= 11 is 5.86. The Morgan fingerprint density at radius 1 is 1.35 bits per heavy atom. The third-order valence-electron chi connectivity index (χ3n) is 3.13. The van der Waals surface area contributed by atoms with Crippen molar-refractivity contribution in [2.24, 2.45) is 5.92 Å². The topological polar surface area (TPSA) is 29.1 Å². The first-order valence-corrected chi connectivity index (χ1v) is 7.82. The second-order valence-electron chi connectivity index (χ2n) is 4.49. The molecule has 2 unspecified atom stereocenters. The third kappa shape index (κ3) is 3.95. The lowest BCUT2D eigenvalue weighted by Gasteiger charge is -2.10. The zero-order valence-corrected chi connectivity index (χ0v) is 13.2. The average Bonchev–Trinajstić information content (AvgIpc) is 2.73. The fourth-order valence-electron chi connectivity index (χ4n) is 2.14. The minimum atomic E-state index is 0.0411. The maximum atomic E-state index is 11.9. The van der Waals surface area contributed by atoms with Gasteiger partial charge in [-0.15, -0.1) is 0 Å².